The van der Waals surface area contributed by atoms with Crippen molar-refractivity contribution in [3.8, 4) is 0 Å². The van der Waals surface area contributed by atoms with Crippen LogP contribution in [0.5, 0.6) is 0 Å². The second kappa shape index (κ2) is 9.00. The molecule has 0 heterocycles. The van der Waals surface area contributed by atoms with Gasteiger partial charge in [0, 0.05) is 13.1 Å². The number of carbonyl (C=O) groups is 2. The van der Waals surface area contributed by atoms with E-state index in [0.29, 0.717) is 58.4 Å². The van der Waals surface area contributed by atoms with Gasteiger partial charge in [-0.15, -0.1) is 0 Å². The van der Waals surface area contributed by atoms with Gasteiger partial charge in [0.25, 0.3) is 0 Å². The Hall–Kier alpha value is -1.14. The maximum Gasteiger partial charge on any atom is 0.308 e. The first-order valence-corrected chi connectivity index (χ1v) is 7.76. The first kappa shape index (κ1) is 17.9. The third kappa shape index (κ3) is 6.44. The highest BCUT2D eigenvalue weighted by atomic mass is 16.5. The molecule has 0 aromatic rings. The van der Waals surface area contributed by atoms with E-state index in [0.717, 1.165) is 0 Å². The van der Waals surface area contributed by atoms with Crippen LogP contribution < -0.4 is 5.32 Å². The summed E-state index contributed by atoms with van der Waals surface area (Å²) < 4.78 is 9.84. The summed E-state index contributed by atoms with van der Waals surface area (Å²) in [6.07, 6.45) is 2.74. The standard InChI is InChI=1S/C15H27NO5/c1-3-20-13(17)7-10-16-11-15(19)8-5-12(6-9-15)14(18)21-4-2/h12,16,19H,3-11H2,1-2H3. The molecule has 1 aliphatic carbocycles. The molecule has 21 heavy (non-hydrogen) atoms. The Kier molecular flexibility index (Phi) is 7.67. The van der Waals surface area contributed by atoms with E-state index in [4.69, 9.17) is 9.47 Å². The molecule has 1 aliphatic rings. The number of rotatable bonds is 8. The maximum atomic E-state index is 11.6. The molecule has 2 N–H and O–H groups in total. The summed E-state index contributed by atoms with van der Waals surface area (Å²) in [7, 11) is 0. The highest BCUT2D eigenvalue weighted by Gasteiger charge is 2.35. The van der Waals surface area contributed by atoms with Gasteiger partial charge in [0.05, 0.1) is 31.2 Å². The normalized spacial score (nSPS) is 25.4. The predicted octanol–water partition coefficient (Wildman–Crippen LogP) is 1.01. The number of carbonyl (C=O) groups excluding carboxylic acids is 2. The Morgan fingerprint density at radius 2 is 1.81 bits per heavy atom. The van der Waals surface area contributed by atoms with E-state index in [2.05, 4.69) is 5.32 Å². The van der Waals surface area contributed by atoms with Crippen molar-refractivity contribution in [3.63, 3.8) is 0 Å². The number of hydrogen-bond acceptors (Lipinski definition) is 6. The van der Waals surface area contributed by atoms with E-state index in [-0.39, 0.29) is 17.9 Å². The van der Waals surface area contributed by atoms with Crippen LogP contribution in [-0.4, -0.2) is 48.9 Å². The molecule has 1 saturated carbocycles. The maximum absolute atomic E-state index is 11.6. The molecule has 0 unspecified atom stereocenters. The molecule has 0 amide bonds. The molecule has 1 fully saturated rings. The third-order valence-electron chi connectivity index (χ3n) is 3.80. The van der Waals surface area contributed by atoms with Gasteiger partial charge in [-0.1, -0.05) is 0 Å². The summed E-state index contributed by atoms with van der Waals surface area (Å²) in [4.78, 5) is 22.8. The smallest absolute Gasteiger partial charge is 0.308 e. The number of esters is 2. The fourth-order valence-corrected chi connectivity index (χ4v) is 2.57. The van der Waals surface area contributed by atoms with Crippen LogP contribution >= 0.6 is 0 Å². The number of nitrogens with one attached hydrogen (secondary N) is 1. The first-order valence-electron chi connectivity index (χ1n) is 7.76. The lowest BCUT2D eigenvalue weighted by Gasteiger charge is -2.35. The van der Waals surface area contributed by atoms with Crippen molar-refractivity contribution in [2.24, 2.45) is 5.92 Å². The van der Waals surface area contributed by atoms with Gasteiger partial charge < -0.3 is 19.9 Å². The quantitative estimate of drug-likeness (QED) is 0.514. The van der Waals surface area contributed by atoms with Crippen LogP contribution in [0, 0.1) is 5.92 Å². The van der Waals surface area contributed by atoms with Crippen LogP contribution in [0.15, 0.2) is 0 Å². The molecule has 0 radical (unpaired) electrons. The molecule has 122 valence electrons. The molecule has 1 rings (SSSR count). The van der Waals surface area contributed by atoms with Crippen molar-refractivity contribution < 1.29 is 24.2 Å². The van der Waals surface area contributed by atoms with E-state index in [9.17, 15) is 14.7 Å². The fraction of sp³-hybridized carbons (Fsp3) is 0.867. The van der Waals surface area contributed by atoms with Gasteiger partial charge in [-0.05, 0) is 39.5 Å². The number of hydrogen-bond donors (Lipinski definition) is 2. The highest BCUT2D eigenvalue weighted by molar-refractivity contribution is 5.72. The van der Waals surface area contributed by atoms with Crippen LogP contribution in [-0.2, 0) is 19.1 Å². The molecule has 0 bridgehead atoms. The summed E-state index contributed by atoms with van der Waals surface area (Å²) in [5.74, 6) is -0.484. The lowest BCUT2D eigenvalue weighted by Crippen LogP contribution is -2.45. The summed E-state index contributed by atoms with van der Waals surface area (Å²) >= 11 is 0. The Morgan fingerprint density at radius 1 is 1.19 bits per heavy atom. The number of ether oxygens (including phenoxy) is 2. The van der Waals surface area contributed by atoms with E-state index in [1.54, 1.807) is 13.8 Å². The zero-order valence-electron chi connectivity index (χ0n) is 13.0. The van der Waals surface area contributed by atoms with Gasteiger partial charge in [-0.25, -0.2) is 0 Å². The van der Waals surface area contributed by atoms with E-state index in [1.807, 2.05) is 0 Å². The van der Waals surface area contributed by atoms with E-state index in [1.165, 1.54) is 0 Å². The molecule has 0 aromatic carbocycles. The summed E-state index contributed by atoms with van der Waals surface area (Å²) in [5, 5.41) is 13.5. The van der Waals surface area contributed by atoms with Gasteiger partial charge in [0.2, 0.25) is 0 Å². The highest BCUT2D eigenvalue weighted by Crippen LogP contribution is 2.32. The lowest BCUT2D eigenvalue weighted by molar-refractivity contribution is -0.151. The fourth-order valence-electron chi connectivity index (χ4n) is 2.57. The average molecular weight is 301 g/mol. The SMILES string of the molecule is CCOC(=O)CCNCC1(O)CCC(C(=O)OCC)CC1. The summed E-state index contributed by atoms with van der Waals surface area (Å²) in [5.41, 5.74) is -0.794. The lowest BCUT2D eigenvalue weighted by atomic mass is 9.79. The van der Waals surface area contributed by atoms with Gasteiger partial charge >= 0.3 is 11.9 Å². The molecule has 0 spiro atoms. The Morgan fingerprint density at radius 3 is 2.38 bits per heavy atom. The molecule has 6 heteroatoms. The van der Waals surface area contributed by atoms with Gasteiger partial charge in [-0.3, -0.25) is 9.59 Å². The van der Waals surface area contributed by atoms with Crippen molar-refractivity contribution >= 4 is 11.9 Å². The zero-order chi connectivity index (χ0) is 15.7. The van der Waals surface area contributed by atoms with Gasteiger partial charge in [-0.2, -0.15) is 0 Å². The number of aliphatic hydroxyl groups is 1. The second-order valence-electron chi connectivity index (χ2n) is 5.48. The van der Waals surface area contributed by atoms with Crippen molar-refractivity contribution in [2.75, 3.05) is 26.3 Å². The Balaban J connectivity index is 2.21. The molecule has 0 aliphatic heterocycles. The monoisotopic (exact) mass is 301 g/mol. The van der Waals surface area contributed by atoms with Crippen LogP contribution in [0.1, 0.15) is 46.0 Å². The Bertz CT molecular complexity index is 337. The molecule has 0 saturated heterocycles. The Labute approximate surface area is 126 Å². The molecule has 6 nitrogen and oxygen atoms in total. The second-order valence-corrected chi connectivity index (χ2v) is 5.48. The summed E-state index contributed by atoms with van der Waals surface area (Å²) in [6.45, 7) is 5.28. The van der Waals surface area contributed by atoms with E-state index >= 15 is 0 Å². The van der Waals surface area contributed by atoms with Gasteiger partial charge in [0.15, 0.2) is 0 Å². The van der Waals surface area contributed by atoms with Gasteiger partial charge in [0.1, 0.15) is 0 Å². The minimum absolute atomic E-state index is 0.0928. The van der Waals surface area contributed by atoms with Crippen molar-refractivity contribution in [3.05, 3.63) is 0 Å². The molecular formula is C15H27NO5. The van der Waals surface area contributed by atoms with Crippen LogP contribution in [0.25, 0.3) is 0 Å². The van der Waals surface area contributed by atoms with Crippen LogP contribution in [0.2, 0.25) is 0 Å². The van der Waals surface area contributed by atoms with E-state index < -0.39 is 5.60 Å². The largest absolute Gasteiger partial charge is 0.466 e. The third-order valence-corrected chi connectivity index (χ3v) is 3.80. The topological polar surface area (TPSA) is 84.9 Å². The van der Waals surface area contributed by atoms with Crippen molar-refractivity contribution in [1.82, 2.24) is 5.32 Å². The van der Waals surface area contributed by atoms with Crippen molar-refractivity contribution in [1.29, 1.82) is 0 Å². The first-order chi connectivity index (χ1) is 10.0. The summed E-state index contributed by atoms with van der Waals surface area (Å²) in [6, 6.07) is 0. The minimum Gasteiger partial charge on any atom is -0.466 e. The zero-order valence-corrected chi connectivity index (χ0v) is 13.0. The van der Waals surface area contributed by atoms with Crippen molar-refractivity contribution in [2.45, 2.75) is 51.6 Å². The predicted molar refractivity (Wildman–Crippen MR) is 77.7 cm³/mol. The molecular weight excluding hydrogens is 274 g/mol. The van der Waals surface area contributed by atoms with Crippen LogP contribution in [0.4, 0.5) is 0 Å². The molecule has 0 atom stereocenters. The van der Waals surface area contributed by atoms with Crippen LogP contribution in [0.3, 0.4) is 0 Å². The average Bonchev–Trinajstić information content (AvgIpc) is 2.45. The molecule has 0 aromatic heterocycles. The minimum atomic E-state index is -0.794.